The average molecular weight is 458 g/mol. The number of amides is 2. The number of likely N-dealkylation sites (N-methyl/N-ethyl adjacent to an activating group) is 1. The zero-order valence-corrected chi connectivity index (χ0v) is 19.1. The Morgan fingerprint density at radius 3 is 2.50 bits per heavy atom. The number of aliphatic hydroxyl groups excluding tert-OH is 1. The SMILES string of the molecule is C[C@H](NCC(O)c1ccccc1)C(=O)NC1N=C(c2ccccn2)c2ccccc2N(C)C1=O. The lowest BCUT2D eigenvalue weighted by atomic mass is 10.0. The minimum Gasteiger partial charge on any atom is -0.387 e. The van der Waals surface area contributed by atoms with Crippen LogP contribution >= 0.6 is 0 Å². The first-order valence-electron chi connectivity index (χ1n) is 11.1. The van der Waals surface area contributed by atoms with Gasteiger partial charge in [0.25, 0.3) is 5.91 Å². The Morgan fingerprint density at radius 2 is 1.76 bits per heavy atom. The number of carbonyl (C=O) groups is 2. The molecule has 34 heavy (non-hydrogen) atoms. The van der Waals surface area contributed by atoms with Gasteiger partial charge in [0.1, 0.15) is 0 Å². The van der Waals surface area contributed by atoms with Crippen molar-refractivity contribution in [2.45, 2.75) is 25.2 Å². The number of para-hydroxylation sites is 1. The molecule has 174 valence electrons. The number of anilines is 1. The highest BCUT2D eigenvalue weighted by Gasteiger charge is 2.32. The minimum atomic E-state index is -1.12. The first kappa shape index (κ1) is 23.3. The Bertz CT molecular complexity index is 1180. The molecule has 3 atom stereocenters. The number of aromatic nitrogens is 1. The number of pyridine rings is 1. The van der Waals surface area contributed by atoms with E-state index in [1.165, 1.54) is 4.90 Å². The third-order valence-electron chi connectivity index (χ3n) is 5.72. The van der Waals surface area contributed by atoms with Gasteiger partial charge >= 0.3 is 0 Å². The fourth-order valence-electron chi connectivity index (χ4n) is 3.76. The lowest BCUT2D eigenvalue weighted by Crippen LogP contribution is -2.51. The normalized spacial score (nSPS) is 17.3. The van der Waals surface area contributed by atoms with E-state index in [1.54, 1.807) is 26.2 Å². The molecule has 0 bridgehead atoms. The highest BCUT2D eigenvalue weighted by Crippen LogP contribution is 2.26. The third-order valence-corrected chi connectivity index (χ3v) is 5.72. The Hall–Kier alpha value is -3.88. The number of nitrogens with one attached hydrogen (secondary N) is 2. The molecule has 0 saturated carbocycles. The van der Waals surface area contributed by atoms with Gasteiger partial charge in [-0.3, -0.25) is 14.6 Å². The molecular weight excluding hydrogens is 430 g/mol. The summed E-state index contributed by atoms with van der Waals surface area (Å²) in [6, 6.07) is 21.5. The van der Waals surface area contributed by atoms with Crippen molar-refractivity contribution < 1.29 is 14.7 Å². The number of carbonyl (C=O) groups excluding carboxylic acids is 2. The van der Waals surface area contributed by atoms with Gasteiger partial charge in [0.2, 0.25) is 12.1 Å². The van der Waals surface area contributed by atoms with Crippen LogP contribution in [0.5, 0.6) is 0 Å². The molecular formula is C26H27N5O3. The van der Waals surface area contributed by atoms with E-state index in [0.29, 0.717) is 17.1 Å². The number of fused-ring (bicyclic) bond motifs is 1. The van der Waals surface area contributed by atoms with E-state index in [9.17, 15) is 14.7 Å². The highest BCUT2D eigenvalue weighted by atomic mass is 16.3. The fraction of sp³-hybridized carbons (Fsp3) is 0.231. The molecule has 2 unspecified atom stereocenters. The maximum Gasteiger partial charge on any atom is 0.272 e. The van der Waals surface area contributed by atoms with Crippen LogP contribution in [-0.4, -0.2) is 53.4 Å². The molecule has 0 saturated heterocycles. The van der Waals surface area contributed by atoms with Crippen LogP contribution in [-0.2, 0) is 9.59 Å². The Balaban J connectivity index is 1.53. The summed E-state index contributed by atoms with van der Waals surface area (Å²) in [5, 5.41) is 16.1. The van der Waals surface area contributed by atoms with Crippen LogP contribution in [0.2, 0.25) is 0 Å². The smallest absolute Gasteiger partial charge is 0.272 e. The van der Waals surface area contributed by atoms with Crippen LogP contribution < -0.4 is 15.5 Å². The third kappa shape index (κ3) is 5.03. The summed E-state index contributed by atoms with van der Waals surface area (Å²) in [6.45, 7) is 1.86. The van der Waals surface area contributed by atoms with Crippen LogP contribution in [0, 0.1) is 0 Å². The zero-order valence-electron chi connectivity index (χ0n) is 19.1. The second-order valence-electron chi connectivity index (χ2n) is 8.07. The summed E-state index contributed by atoms with van der Waals surface area (Å²) < 4.78 is 0. The predicted octanol–water partition coefficient (Wildman–Crippen LogP) is 2.05. The van der Waals surface area contributed by atoms with Crippen molar-refractivity contribution in [1.29, 1.82) is 0 Å². The monoisotopic (exact) mass is 457 g/mol. The van der Waals surface area contributed by atoms with E-state index >= 15 is 0 Å². The van der Waals surface area contributed by atoms with Gasteiger partial charge in [-0.2, -0.15) is 0 Å². The lowest BCUT2D eigenvalue weighted by Gasteiger charge is -2.22. The second kappa shape index (κ2) is 10.4. The molecule has 2 heterocycles. The fourth-order valence-corrected chi connectivity index (χ4v) is 3.76. The molecule has 0 radical (unpaired) electrons. The van der Waals surface area contributed by atoms with Gasteiger partial charge in [-0.05, 0) is 30.7 Å². The molecule has 0 spiro atoms. The summed E-state index contributed by atoms with van der Waals surface area (Å²) >= 11 is 0. The molecule has 4 rings (SSSR count). The maximum absolute atomic E-state index is 13.2. The van der Waals surface area contributed by atoms with Crippen molar-refractivity contribution in [2.75, 3.05) is 18.5 Å². The number of aliphatic hydroxyl groups is 1. The Labute approximate surface area is 198 Å². The summed E-state index contributed by atoms with van der Waals surface area (Å²) in [5.74, 6) is -0.759. The van der Waals surface area contributed by atoms with Crippen molar-refractivity contribution in [1.82, 2.24) is 15.6 Å². The summed E-state index contributed by atoms with van der Waals surface area (Å²) in [5.41, 5.74) is 3.33. The van der Waals surface area contributed by atoms with Gasteiger partial charge in [0.15, 0.2) is 0 Å². The summed E-state index contributed by atoms with van der Waals surface area (Å²) in [4.78, 5) is 36.7. The number of rotatable bonds is 7. The predicted molar refractivity (Wildman–Crippen MR) is 131 cm³/mol. The highest BCUT2D eigenvalue weighted by molar-refractivity contribution is 6.19. The average Bonchev–Trinajstić information content (AvgIpc) is 2.98. The number of hydrogen-bond acceptors (Lipinski definition) is 6. The van der Waals surface area contributed by atoms with Crippen molar-refractivity contribution in [2.24, 2.45) is 4.99 Å². The molecule has 2 aromatic carbocycles. The van der Waals surface area contributed by atoms with E-state index < -0.39 is 24.2 Å². The van der Waals surface area contributed by atoms with Crippen LogP contribution in [0.15, 0.2) is 84.0 Å². The quantitative estimate of drug-likeness (QED) is 0.504. The lowest BCUT2D eigenvalue weighted by molar-refractivity contribution is -0.128. The van der Waals surface area contributed by atoms with E-state index in [2.05, 4.69) is 20.6 Å². The molecule has 1 aliphatic rings. The minimum absolute atomic E-state index is 0.186. The Morgan fingerprint density at radius 1 is 1.06 bits per heavy atom. The molecule has 1 aromatic heterocycles. The van der Waals surface area contributed by atoms with Crippen LogP contribution in [0.1, 0.15) is 29.8 Å². The number of benzene rings is 2. The van der Waals surface area contributed by atoms with Gasteiger partial charge < -0.3 is 20.6 Å². The van der Waals surface area contributed by atoms with Gasteiger partial charge in [0.05, 0.1) is 29.2 Å². The number of benzodiazepines with no additional fused rings is 1. The number of aliphatic imine (C=N–C) groups is 1. The van der Waals surface area contributed by atoms with E-state index in [-0.39, 0.29) is 12.5 Å². The van der Waals surface area contributed by atoms with Crippen molar-refractivity contribution >= 4 is 23.2 Å². The molecule has 8 nitrogen and oxygen atoms in total. The van der Waals surface area contributed by atoms with Crippen LogP contribution in [0.3, 0.4) is 0 Å². The number of nitrogens with zero attached hydrogens (tertiary/aromatic N) is 3. The van der Waals surface area contributed by atoms with E-state index in [4.69, 9.17) is 0 Å². The molecule has 1 aliphatic heterocycles. The first-order chi connectivity index (χ1) is 16.5. The van der Waals surface area contributed by atoms with E-state index in [0.717, 1.165) is 11.1 Å². The Kier molecular flexibility index (Phi) is 7.10. The standard InChI is InChI=1S/C26H27N5O3/c1-17(28-16-22(32)18-10-4-3-5-11-18)25(33)30-24-26(34)31(2)21-14-7-6-12-19(21)23(29-24)20-13-8-9-15-27-20/h3-15,17,22,24,28,32H,16H2,1-2H3,(H,30,33)/t17-,22?,24?/m0/s1. The van der Waals surface area contributed by atoms with Crippen molar-refractivity contribution in [3.05, 3.63) is 95.8 Å². The van der Waals surface area contributed by atoms with Gasteiger partial charge in [0, 0.05) is 25.4 Å². The van der Waals surface area contributed by atoms with Gasteiger partial charge in [-0.1, -0.05) is 54.6 Å². The topological polar surface area (TPSA) is 107 Å². The van der Waals surface area contributed by atoms with Crippen molar-refractivity contribution in [3.8, 4) is 0 Å². The molecule has 2 amide bonds. The summed E-state index contributed by atoms with van der Waals surface area (Å²) in [7, 11) is 1.66. The van der Waals surface area contributed by atoms with Crippen LogP contribution in [0.25, 0.3) is 0 Å². The summed E-state index contributed by atoms with van der Waals surface area (Å²) in [6.07, 6.45) is -0.218. The largest absolute Gasteiger partial charge is 0.387 e. The van der Waals surface area contributed by atoms with E-state index in [1.807, 2.05) is 66.7 Å². The first-order valence-corrected chi connectivity index (χ1v) is 11.1. The number of hydrogen-bond donors (Lipinski definition) is 3. The molecule has 0 fully saturated rings. The second-order valence-corrected chi connectivity index (χ2v) is 8.07. The van der Waals surface area contributed by atoms with Crippen molar-refractivity contribution in [3.63, 3.8) is 0 Å². The molecule has 0 aliphatic carbocycles. The van der Waals surface area contributed by atoms with Gasteiger partial charge in [-0.25, -0.2) is 4.99 Å². The molecule has 3 N–H and O–H groups in total. The van der Waals surface area contributed by atoms with Gasteiger partial charge in [-0.15, -0.1) is 0 Å². The molecule has 8 heteroatoms. The van der Waals surface area contributed by atoms with Crippen LogP contribution in [0.4, 0.5) is 5.69 Å². The zero-order chi connectivity index (χ0) is 24.1. The maximum atomic E-state index is 13.2. The molecule has 3 aromatic rings.